The second kappa shape index (κ2) is 6.66. The predicted molar refractivity (Wildman–Crippen MR) is 60.5 cm³/mol. The lowest BCUT2D eigenvalue weighted by atomic mass is 10.3. The normalized spacial score (nSPS) is 19.1. The zero-order valence-corrected chi connectivity index (χ0v) is 11.1. The zero-order chi connectivity index (χ0) is 15.4. The molecule has 0 aliphatic carbocycles. The highest BCUT2D eigenvalue weighted by atomic mass is 19.4. The second-order valence-corrected chi connectivity index (χ2v) is 4.76. The van der Waals surface area contributed by atoms with Crippen LogP contribution in [-0.2, 0) is 9.53 Å². The molecule has 0 saturated carbocycles. The van der Waals surface area contributed by atoms with E-state index in [-0.39, 0.29) is 6.42 Å². The lowest BCUT2D eigenvalue weighted by molar-refractivity contribution is -0.294. The minimum atomic E-state index is -5.70. The van der Waals surface area contributed by atoms with Crippen molar-refractivity contribution in [3.05, 3.63) is 0 Å². The molecular formula is C11H17F5N2O2. The Hall–Kier alpha value is -0.960. The second-order valence-electron chi connectivity index (χ2n) is 4.76. The number of ether oxygens (including phenoxy) is 1. The number of carbonyl (C=O) groups excluding carboxylic acids is 1. The van der Waals surface area contributed by atoms with Gasteiger partial charge in [-0.2, -0.15) is 22.0 Å². The van der Waals surface area contributed by atoms with Crippen LogP contribution in [0.2, 0.25) is 0 Å². The fraction of sp³-hybridized carbons (Fsp3) is 0.909. The van der Waals surface area contributed by atoms with Crippen LogP contribution in [0.5, 0.6) is 0 Å². The molecule has 1 aliphatic rings. The number of carbonyl (C=O) groups is 1. The maximum absolute atomic E-state index is 12.5. The van der Waals surface area contributed by atoms with E-state index >= 15 is 0 Å². The van der Waals surface area contributed by atoms with Crippen molar-refractivity contribution in [2.45, 2.75) is 18.5 Å². The van der Waals surface area contributed by atoms with Gasteiger partial charge in [0, 0.05) is 32.7 Å². The van der Waals surface area contributed by atoms with Crippen molar-refractivity contribution in [1.82, 2.24) is 9.80 Å². The van der Waals surface area contributed by atoms with Crippen LogP contribution in [0.4, 0.5) is 22.0 Å². The smallest absolute Gasteiger partial charge is 0.456 e. The quantitative estimate of drug-likeness (QED) is 0.567. The third-order valence-corrected chi connectivity index (χ3v) is 3.06. The molecule has 1 fully saturated rings. The summed E-state index contributed by atoms with van der Waals surface area (Å²) in [6.07, 6.45) is -5.90. The number of nitrogens with zero attached hydrogens (tertiary/aromatic N) is 2. The van der Waals surface area contributed by atoms with E-state index < -0.39 is 24.7 Å². The number of piperazine rings is 1. The first-order valence-electron chi connectivity index (χ1n) is 6.13. The highest BCUT2D eigenvalue weighted by molar-refractivity contribution is 5.69. The van der Waals surface area contributed by atoms with Crippen molar-refractivity contribution >= 4 is 5.97 Å². The molecule has 20 heavy (non-hydrogen) atoms. The highest BCUT2D eigenvalue weighted by Gasteiger charge is 2.58. The van der Waals surface area contributed by atoms with Gasteiger partial charge in [0.25, 0.3) is 0 Å². The molecule has 0 atom stereocenters. The molecule has 0 aromatic carbocycles. The van der Waals surface area contributed by atoms with Crippen LogP contribution in [0.25, 0.3) is 0 Å². The van der Waals surface area contributed by atoms with Gasteiger partial charge in [0.15, 0.2) is 6.61 Å². The molecule has 0 amide bonds. The van der Waals surface area contributed by atoms with Gasteiger partial charge < -0.3 is 14.5 Å². The highest BCUT2D eigenvalue weighted by Crippen LogP contribution is 2.35. The number of rotatable bonds is 5. The third-order valence-electron chi connectivity index (χ3n) is 3.06. The van der Waals surface area contributed by atoms with Crippen molar-refractivity contribution < 1.29 is 31.5 Å². The summed E-state index contributed by atoms with van der Waals surface area (Å²) in [6.45, 7) is 1.43. The number of hydrogen-bond acceptors (Lipinski definition) is 4. The van der Waals surface area contributed by atoms with Crippen LogP contribution in [0.3, 0.4) is 0 Å². The average molecular weight is 304 g/mol. The van der Waals surface area contributed by atoms with E-state index in [0.29, 0.717) is 6.54 Å². The van der Waals surface area contributed by atoms with Gasteiger partial charge in [0.2, 0.25) is 0 Å². The summed E-state index contributed by atoms with van der Waals surface area (Å²) in [5, 5.41) is 0. The van der Waals surface area contributed by atoms with Gasteiger partial charge in [-0.25, -0.2) is 0 Å². The Labute approximate surface area is 113 Å². The fourth-order valence-corrected chi connectivity index (χ4v) is 1.65. The standard InChI is InChI=1S/C11H17F5N2O2/c1-17-4-6-18(7-5-17)3-2-9(19)20-8-10(12,13)11(14,15)16/h2-8H2,1H3. The van der Waals surface area contributed by atoms with E-state index in [0.717, 1.165) is 26.2 Å². The summed E-state index contributed by atoms with van der Waals surface area (Å²) in [5.74, 6) is -6.05. The van der Waals surface area contributed by atoms with Gasteiger partial charge in [0.05, 0.1) is 6.42 Å². The molecule has 1 aliphatic heterocycles. The van der Waals surface area contributed by atoms with Crippen LogP contribution in [0, 0.1) is 0 Å². The van der Waals surface area contributed by atoms with Gasteiger partial charge in [-0.3, -0.25) is 4.79 Å². The average Bonchev–Trinajstić information content (AvgIpc) is 2.34. The van der Waals surface area contributed by atoms with Crippen molar-refractivity contribution in [3.63, 3.8) is 0 Å². The molecular weight excluding hydrogens is 287 g/mol. The Morgan fingerprint density at radius 1 is 1.10 bits per heavy atom. The minimum Gasteiger partial charge on any atom is -0.459 e. The molecule has 1 saturated heterocycles. The summed E-state index contributed by atoms with van der Waals surface area (Å²) in [4.78, 5) is 15.2. The fourth-order valence-electron chi connectivity index (χ4n) is 1.65. The van der Waals surface area contributed by atoms with Gasteiger partial charge in [0.1, 0.15) is 0 Å². The van der Waals surface area contributed by atoms with E-state index in [1.807, 2.05) is 11.9 Å². The van der Waals surface area contributed by atoms with E-state index in [9.17, 15) is 26.7 Å². The van der Waals surface area contributed by atoms with E-state index in [1.165, 1.54) is 0 Å². The predicted octanol–water partition coefficient (Wildman–Crippen LogP) is 1.36. The van der Waals surface area contributed by atoms with Crippen molar-refractivity contribution in [2.75, 3.05) is 46.4 Å². The van der Waals surface area contributed by atoms with Gasteiger partial charge in [-0.05, 0) is 7.05 Å². The molecule has 0 aromatic heterocycles. The van der Waals surface area contributed by atoms with Crippen LogP contribution in [0.1, 0.15) is 6.42 Å². The molecule has 0 radical (unpaired) electrons. The number of halogens is 5. The Morgan fingerprint density at radius 2 is 1.65 bits per heavy atom. The third kappa shape index (κ3) is 5.20. The minimum absolute atomic E-state index is 0.197. The maximum atomic E-state index is 12.5. The van der Waals surface area contributed by atoms with E-state index in [4.69, 9.17) is 0 Å². The molecule has 0 N–H and O–H groups in total. The maximum Gasteiger partial charge on any atom is 0.456 e. The molecule has 118 valence electrons. The summed E-state index contributed by atoms with van der Waals surface area (Å²) < 4.78 is 64.6. The van der Waals surface area contributed by atoms with Crippen LogP contribution >= 0.6 is 0 Å². The molecule has 1 heterocycles. The SMILES string of the molecule is CN1CCN(CCC(=O)OCC(F)(F)C(F)(F)F)CC1. The molecule has 0 unspecified atom stereocenters. The largest absolute Gasteiger partial charge is 0.459 e. The Balaban J connectivity index is 2.24. The first-order valence-corrected chi connectivity index (χ1v) is 6.13. The summed E-state index contributed by atoms with van der Waals surface area (Å²) in [6, 6.07) is 0. The lowest BCUT2D eigenvalue weighted by Gasteiger charge is -2.32. The topological polar surface area (TPSA) is 32.8 Å². The monoisotopic (exact) mass is 304 g/mol. The van der Waals surface area contributed by atoms with E-state index in [2.05, 4.69) is 9.64 Å². The summed E-state index contributed by atoms with van der Waals surface area (Å²) in [5.41, 5.74) is 0. The Morgan fingerprint density at radius 3 is 2.15 bits per heavy atom. The van der Waals surface area contributed by atoms with Gasteiger partial charge in [-0.1, -0.05) is 0 Å². The molecule has 0 spiro atoms. The first kappa shape index (κ1) is 17.1. The van der Waals surface area contributed by atoms with Crippen LogP contribution in [0.15, 0.2) is 0 Å². The molecule has 9 heteroatoms. The molecule has 1 rings (SSSR count). The van der Waals surface area contributed by atoms with Crippen LogP contribution in [-0.4, -0.2) is 74.2 Å². The zero-order valence-electron chi connectivity index (χ0n) is 11.1. The Kier molecular flexibility index (Phi) is 5.69. The summed E-state index contributed by atoms with van der Waals surface area (Å²) in [7, 11) is 1.95. The number of alkyl halides is 5. The Bertz CT molecular complexity index is 327. The lowest BCUT2D eigenvalue weighted by Crippen LogP contribution is -2.45. The van der Waals surface area contributed by atoms with Crippen molar-refractivity contribution in [1.29, 1.82) is 0 Å². The molecule has 4 nitrogen and oxygen atoms in total. The molecule has 0 bridgehead atoms. The van der Waals surface area contributed by atoms with Crippen LogP contribution < -0.4 is 0 Å². The first-order chi connectivity index (χ1) is 9.12. The number of likely N-dealkylation sites (N-methyl/N-ethyl adjacent to an activating group) is 1. The van der Waals surface area contributed by atoms with Gasteiger partial charge >= 0.3 is 18.1 Å². The number of hydrogen-bond donors (Lipinski definition) is 0. The summed E-state index contributed by atoms with van der Waals surface area (Å²) >= 11 is 0. The van der Waals surface area contributed by atoms with Crippen molar-refractivity contribution in [3.8, 4) is 0 Å². The van der Waals surface area contributed by atoms with E-state index in [1.54, 1.807) is 0 Å². The van der Waals surface area contributed by atoms with Gasteiger partial charge in [-0.15, -0.1) is 0 Å². The van der Waals surface area contributed by atoms with Crippen molar-refractivity contribution in [2.24, 2.45) is 0 Å². The molecule has 0 aromatic rings. The number of esters is 1.